The Morgan fingerprint density at radius 2 is 2.09 bits per heavy atom. The van der Waals surface area contributed by atoms with Gasteiger partial charge < -0.3 is 14.8 Å². The van der Waals surface area contributed by atoms with Crippen molar-refractivity contribution in [2.45, 2.75) is 37.6 Å². The van der Waals surface area contributed by atoms with E-state index in [2.05, 4.69) is 11.4 Å². The lowest BCUT2D eigenvalue weighted by Gasteiger charge is -2.39. The van der Waals surface area contributed by atoms with Gasteiger partial charge in [-0.1, -0.05) is 36.7 Å². The molecule has 5 heteroatoms. The fourth-order valence-corrected chi connectivity index (χ4v) is 3.39. The van der Waals surface area contributed by atoms with Gasteiger partial charge in [-0.3, -0.25) is 4.79 Å². The minimum absolute atomic E-state index is 0.0992. The van der Waals surface area contributed by atoms with E-state index >= 15 is 0 Å². The number of benzene rings is 1. The molecule has 1 aromatic carbocycles. The first-order valence-electron chi connectivity index (χ1n) is 7.77. The zero-order chi connectivity index (χ0) is 16.0. The van der Waals surface area contributed by atoms with Crippen molar-refractivity contribution in [1.29, 1.82) is 0 Å². The van der Waals surface area contributed by atoms with Crippen molar-refractivity contribution < 1.29 is 14.3 Å². The number of hydrogen-bond acceptors (Lipinski definition) is 4. The van der Waals surface area contributed by atoms with E-state index in [1.54, 1.807) is 0 Å². The monoisotopic (exact) mass is 325 g/mol. The number of halogens is 1. The Morgan fingerprint density at radius 3 is 2.68 bits per heavy atom. The molecule has 0 saturated carbocycles. The Morgan fingerprint density at radius 1 is 1.41 bits per heavy atom. The van der Waals surface area contributed by atoms with Crippen LogP contribution in [-0.2, 0) is 19.7 Å². The maximum atomic E-state index is 11.8. The highest BCUT2D eigenvalue weighted by molar-refractivity contribution is 6.31. The molecule has 1 aliphatic rings. The Hall–Kier alpha value is -1.10. The summed E-state index contributed by atoms with van der Waals surface area (Å²) in [5.74, 6) is -0.219. The number of carbonyl (C=O) groups excluding carboxylic acids is 1. The van der Waals surface area contributed by atoms with Crippen molar-refractivity contribution in [2.24, 2.45) is 0 Å². The summed E-state index contributed by atoms with van der Waals surface area (Å²) in [5, 5.41) is 4.14. The molecule has 4 nitrogen and oxygen atoms in total. The fraction of sp³-hybridized carbons (Fsp3) is 0.588. The number of methoxy groups -OCH3 is 1. The van der Waals surface area contributed by atoms with E-state index in [0.717, 1.165) is 23.4 Å². The summed E-state index contributed by atoms with van der Waals surface area (Å²) < 4.78 is 10.4. The molecule has 0 amide bonds. The van der Waals surface area contributed by atoms with Crippen LogP contribution in [0.5, 0.6) is 0 Å². The molecule has 1 fully saturated rings. The molecular formula is C17H24ClNO3. The van der Waals surface area contributed by atoms with E-state index < -0.39 is 0 Å². The zero-order valence-electron chi connectivity index (χ0n) is 13.2. The van der Waals surface area contributed by atoms with Gasteiger partial charge in [0.25, 0.3) is 0 Å². The van der Waals surface area contributed by atoms with Gasteiger partial charge in [0.2, 0.25) is 0 Å². The Bertz CT molecular complexity index is 500. The predicted octanol–water partition coefficient (Wildman–Crippen LogP) is 2.93. The molecule has 0 radical (unpaired) electrons. The van der Waals surface area contributed by atoms with Crippen LogP contribution in [0.15, 0.2) is 24.3 Å². The van der Waals surface area contributed by atoms with E-state index in [0.29, 0.717) is 26.2 Å². The minimum atomic E-state index is -0.285. The molecule has 0 aliphatic carbocycles. The predicted molar refractivity (Wildman–Crippen MR) is 87.3 cm³/mol. The van der Waals surface area contributed by atoms with Crippen molar-refractivity contribution in [3.8, 4) is 0 Å². The van der Waals surface area contributed by atoms with Crippen LogP contribution in [0, 0.1) is 0 Å². The van der Waals surface area contributed by atoms with E-state index in [-0.39, 0.29) is 17.4 Å². The topological polar surface area (TPSA) is 47.6 Å². The first-order valence-corrected chi connectivity index (χ1v) is 8.15. The smallest absolute Gasteiger partial charge is 0.322 e. The van der Waals surface area contributed by atoms with E-state index in [1.165, 1.54) is 7.11 Å². The van der Waals surface area contributed by atoms with Crippen LogP contribution >= 0.6 is 11.6 Å². The summed E-state index contributed by atoms with van der Waals surface area (Å²) in [6.07, 6.45) is 2.48. The van der Waals surface area contributed by atoms with Crippen LogP contribution in [0.3, 0.4) is 0 Å². The average molecular weight is 326 g/mol. The van der Waals surface area contributed by atoms with Crippen LogP contribution in [0.2, 0.25) is 5.02 Å². The van der Waals surface area contributed by atoms with Gasteiger partial charge in [-0.15, -0.1) is 0 Å². The zero-order valence-corrected chi connectivity index (χ0v) is 14.0. The highest BCUT2D eigenvalue weighted by Crippen LogP contribution is 2.38. The third kappa shape index (κ3) is 3.80. The molecule has 0 spiro atoms. The van der Waals surface area contributed by atoms with Crippen LogP contribution in [-0.4, -0.2) is 38.9 Å². The van der Waals surface area contributed by atoms with Gasteiger partial charge in [-0.2, -0.15) is 0 Å². The molecule has 122 valence electrons. The van der Waals surface area contributed by atoms with Gasteiger partial charge in [-0.05, 0) is 30.9 Å². The molecule has 1 saturated heterocycles. The maximum Gasteiger partial charge on any atom is 0.322 e. The second-order valence-electron chi connectivity index (χ2n) is 5.74. The number of ether oxygens (including phenoxy) is 2. The molecule has 1 aliphatic heterocycles. The van der Waals surface area contributed by atoms with Crippen molar-refractivity contribution in [2.75, 3.05) is 26.9 Å². The minimum Gasteiger partial charge on any atom is -0.468 e. The Balaban J connectivity index is 2.20. The third-order valence-corrected chi connectivity index (χ3v) is 4.81. The summed E-state index contributed by atoms with van der Waals surface area (Å²) in [7, 11) is 1.42. The van der Waals surface area contributed by atoms with Gasteiger partial charge in [-0.25, -0.2) is 0 Å². The number of carbonyl (C=O) groups is 1. The van der Waals surface area contributed by atoms with Crippen LogP contribution < -0.4 is 5.32 Å². The maximum absolute atomic E-state index is 11.8. The summed E-state index contributed by atoms with van der Waals surface area (Å²) >= 11 is 6.43. The largest absolute Gasteiger partial charge is 0.468 e. The average Bonchev–Trinajstić information content (AvgIpc) is 2.56. The summed E-state index contributed by atoms with van der Waals surface area (Å²) in [4.78, 5) is 11.8. The lowest BCUT2D eigenvalue weighted by molar-refractivity contribution is -0.143. The molecule has 22 heavy (non-hydrogen) atoms. The molecule has 0 aromatic heterocycles. The molecule has 1 heterocycles. The fourth-order valence-electron chi connectivity index (χ4n) is 3.05. The summed E-state index contributed by atoms with van der Waals surface area (Å²) in [6.45, 7) is 4.08. The molecule has 2 rings (SSSR count). The van der Waals surface area contributed by atoms with Gasteiger partial charge in [0, 0.05) is 30.2 Å². The number of hydrogen-bond donors (Lipinski definition) is 1. The summed E-state index contributed by atoms with van der Waals surface area (Å²) in [6, 6.07) is 7.67. The normalized spacial score (nSPS) is 18.7. The van der Waals surface area contributed by atoms with Gasteiger partial charge in [0.1, 0.15) is 6.04 Å². The Kier molecular flexibility index (Phi) is 6.24. The van der Waals surface area contributed by atoms with Crippen molar-refractivity contribution in [1.82, 2.24) is 5.32 Å². The van der Waals surface area contributed by atoms with Gasteiger partial charge in [0.15, 0.2) is 0 Å². The lowest BCUT2D eigenvalue weighted by atomic mass is 9.74. The second-order valence-corrected chi connectivity index (χ2v) is 6.14. The standard InChI is InChI=1S/C17H24ClNO3/c1-3-15(16(20)21-2)19-12-17(8-10-22-11-9-17)13-6-4-5-7-14(13)18/h4-7,15,19H,3,8-12H2,1-2H3/t15-/m0/s1. The first-order chi connectivity index (χ1) is 10.6. The molecule has 0 bridgehead atoms. The van der Waals surface area contributed by atoms with Crippen LogP contribution in [0.4, 0.5) is 0 Å². The molecule has 1 aromatic rings. The molecule has 1 atom stereocenters. The number of rotatable bonds is 6. The van der Waals surface area contributed by atoms with Crippen LogP contribution in [0.25, 0.3) is 0 Å². The number of nitrogens with one attached hydrogen (secondary N) is 1. The van der Waals surface area contributed by atoms with Crippen molar-refractivity contribution in [3.05, 3.63) is 34.9 Å². The van der Waals surface area contributed by atoms with Gasteiger partial charge >= 0.3 is 5.97 Å². The highest BCUT2D eigenvalue weighted by Gasteiger charge is 2.36. The molecule has 1 N–H and O–H groups in total. The molecular weight excluding hydrogens is 302 g/mol. The van der Waals surface area contributed by atoms with E-state index in [4.69, 9.17) is 21.1 Å². The highest BCUT2D eigenvalue weighted by atomic mass is 35.5. The van der Waals surface area contributed by atoms with E-state index in [1.807, 2.05) is 25.1 Å². The van der Waals surface area contributed by atoms with Gasteiger partial charge in [0.05, 0.1) is 7.11 Å². The number of esters is 1. The summed E-state index contributed by atoms with van der Waals surface area (Å²) in [5.41, 5.74) is 1.03. The van der Waals surface area contributed by atoms with Crippen LogP contribution in [0.1, 0.15) is 31.7 Å². The quantitative estimate of drug-likeness (QED) is 0.817. The second kappa shape index (κ2) is 7.95. The SMILES string of the molecule is CC[C@H](NCC1(c2ccccc2Cl)CCOCC1)C(=O)OC. The molecule has 0 unspecified atom stereocenters. The lowest BCUT2D eigenvalue weighted by Crippen LogP contribution is -2.48. The third-order valence-electron chi connectivity index (χ3n) is 4.48. The van der Waals surface area contributed by atoms with Crippen molar-refractivity contribution in [3.63, 3.8) is 0 Å². The van der Waals surface area contributed by atoms with E-state index in [9.17, 15) is 4.79 Å². The Labute approximate surface area is 137 Å². The van der Waals surface area contributed by atoms with Crippen molar-refractivity contribution >= 4 is 17.6 Å². The first kappa shape index (κ1) is 17.3.